The van der Waals surface area contributed by atoms with Crippen LogP contribution >= 0.6 is 11.3 Å². The Bertz CT molecular complexity index is 1200. The minimum absolute atomic E-state index is 0.0134. The number of hydrogen-bond acceptors (Lipinski definition) is 7. The lowest BCUT2D eigenvalue weighted by Gasteiger charge is -2.10. The van der Waals surface area contributed by atoms with Crippen molar-refractivity contribution >= 4 is 37.3 Å². The van der Waals surface area contributed by atoms with E-state index < -0.39 is 10.0 Å². The fourth-order valence-electron chi connectivity index (χ4n) is 2.42. The van der Waals surface area contributed by atoms with Crippen molar-refractivity contribution in [3.8, 4) is 17.6 Å². The number of thiazole rings is 1. The summed E-state index contributed by atoms with van der Waals surface area (Å²) in [7, 11) is -3.95. The van der Waals surface area contributed by atoms with Gasteiger partial charge in [-0.05, 0) is 18.2 Å². The Hall–Kier alpha value is -3.03. The monoisotopic (exact) mass is 375 g/mol. The average molecular weight is 375 g/mol. The van der Waals surface area contributed by atoms with Gasteiger partial charge in [0.1, 0.15) is 6.07 Å². The zero-order valence-electron chi connectivity index (χ0n) is 12.4. The van der Waals surface area contributed by atoms with E-state index in [1.165, 1.54) is 30.3 Å². The Morgan fingerprint density at radius 3 is 2.72 bits per heavy atom. The lowest BCUT2D eigenvalue weighted by molar-refractivity contribution is 0.174. The number of hydrogen-bond donors (Lipinski definition) is 2. The molecule has 10 heteroatoms. The minimum atomic E-state index is -3.95. The lowest BCUT2D eigenvalue weighted by Crippen LogP contribution is -2.13. The van der Waals surface area contributed by atoms with Crippen molar-refractivity contribution in [1.29, 1.82) is 5.26 Å². The van der Waals surface area contributed by atoms with Crippen LogP contribution in [0.15, 0.2) is 40.0 Å². The van der Waals surface area contributed by atoms with Gasteiger partial charge in [0.2, 0.25) is 6.79 Å². The molecular weight excluding hydrogens is 366 g/mol. The van der Waals surface area contributed by atoms with Gasteiger partial charge in [-0.25, -0.2) is 8.42 Å². The summed E-state index contributed by atoms with van der Waals surface area (Å²) in [5, 5.41) is 9.24. The molecule has 0 fully saturated rings. The molecule has 2 N–H and O–H groups in total. The fraction of sp³-hybridized carbons (Fsp3) is 0.0667. The van der Waals surface area contributed by atoms with Crippen LogP contribution in [0.5, 0.6) is 11.5 Å². The van der Waals surface area contributed by atoms with Crippen molar-refractivity contribution in [1.82, 2.24) is 4.98 Å². The Kier molecular flexibility index (Phi) is 3.41. The quantitative estimate of drug-likeness (QED) is 0.722. The van der Waals surface area contributed by atoms with Crippen LogP contribution in [-0.4, -0.2) is 20.2 Å². The van der Waals surface area contributed by atoms with Crippen LogP contribution in [0.3, 0.4) is 0 Å². The third-order valence-corrected chi connectivity index (χ3v) is 5.79. The second-order valence-corrected chi connectivity index (χ2v) is 7.84. The van der Waals surface area contributed by atoms with Gasteiger partial charge in [-0.1, -0.05) is 11.3 Å². The molecule has 0 spiro atoms. The van der Waals surface area contributed by atoms with E-state index in [0.717, 1.165) is 11.3 Å². The van der Waals surface area contributed by atoms with Gasteiger partial charge in [-0.2, -0.15) is 5.26 Å². The summed E-state index contributed by atoms with van der Waals surface area (Å²) in [6, 6.07) is 9.06. The summed E-state index contributed by atoms with van der Waals surface area (Å²) >= 11 is 0.920. The Morgan fingerprint density at radius 2 is 1.96 bits per heavy atom. The molecule has 126 valence electrons. The van der Waals surface area contributed by atoms with E-state index in [1.54, 1.807) is 0 Å². The van der Waals surface area contributed by atoms with Crippen LogP contribution < -0.4 is 19.1 Å². The summed E-state index contributed by atoms with van der Waals surface area (Å²) in [5.41, 5.74) is 0.768. The predicted octanol–water partition coefficient (Wildman–Crippen LogP) is 1.99. The van der Waals surface area contributed by atoms with Gasteiger partial charge in [0.15, 0.2) is 11.5 Å². The van der Waals surface area contributed by atoms with E-state index in [2.05, 4.69) is 9.71 Å². The first-order valence-corrected chi connectivity index (χ1v) is 9.26. The predicted molar refractivity (Wildman–Crippen MR) is 90.5 cm³/mol. The lowest BCUT2D eigenvalue weighted by atomic mass is 10.2. The number of anilines is 1. The number of nitrogens with zero attached hydrogens (tertiary/aromatic N) is 1. The highest BCUT2D eigenvalue weighted by Crippen LogP contribution is 2.37. The highest BCUT2D eigenvalue weighted by atomic mass is 32.2. The number of benzene rings is 2. The second-order valence-electron chi connectivity index (χ2n) is 5.14. The molecule has 0 saturated heterocycles. The smallest absolute Gasteiger partial charge is 0.305 e. The first-order valence-electron chi connectivity index (χ1n) is 6.96. The van der Waals surface area contributed by atoms with Crippen LogP contribution in [-0.2, 0) is 10.0 Å². The zero-order chi connectivity index (χ0) is 17.6. The maximum atomic E-state index is 12.6. The van der Waals surface area contributed by atoms with Gasteiger partial charge in [-0.3, -0.25) is 9.52 Å². The number of sulfonamides is 1. The van der Waals surface area contributed by atoms with Gasteiger partial charge < -0.3 is 14.5 Å². The highest BCUT2D eigenvalue weighted by Gasteiger charge is 2.22. The molecule has 0 aliphatic carbocycles. The first-order chi connectivity index (χ1) is 12.0. The number of fused-ring (bicyclic) bond motifs is 2. The molecular formula is C15H9N3O5S2. The van der Waals surface area contributed by atoms with Gasteiger partial charge in [-0.15, -0.1) is 0 Å². The number of rotatable bonds is 3. The molecule has 4 rings (SSSR count). The normalized spacial score (nSPS) is 12.9. The molecule has 0 saturated carbocycles. The van der Waals surface area contributed by atoms with Crippen LogP contribution in [0.25, 0.3) is 10.2 Å². The van der Waals surface area contributed by atoms with E-state index in [9.17, 15) is 18.5 Å². The number of nitriles is 1. The number of H-pyrrole nitrogens is 1. The molecule has 25 heavy (non-hydrogen) atoms. The third kappa shape index (κ3) is 2.69. The number of aromatic nitrogens is 1. The Labute approximate surface area is 145 Å². The van der Waals surface area contributed by atoms with Crippen molar-refractivity contribution in [3.05, 3.63) is 45.6 Å². The van der Waals surface area contributed by atoms with Crippen LogP contribution in [0.2, 0.25) is 0 Å². The maximum Gasteiger partial charge on any atom is 0.305 e. The van der Waals surface area contributed by atoms with E-state index in [-0.39, 0.29) is 27.8 Å². The molecule has 2 aromatic carbocycles. The van der Waals surface area contributed by atoms with Gasteiger partial charge >= 0.3 is 4.87 Å². The molecule has 1 aliphatic heterocycles. The highest BCUT2D eigenvalue weighted by molar-refractivity contribution is 7.92. The summed E-state index contributed by atoms with van der Waals surface area (Å²) in [6.45, 7) is 0.0134. The van der Waals surface area contributed by atoms with Crippen molar-refractivity contribution in [2.24, 2.45) is 0 Å². The summed E-state index contributed by atoms with van der Waals surface area (Å²) in [5.74, 6) is 0.744. The van der Waals surface area contributed by atoms with E-state index in [4.69, 9.17) is 9.47 Å². The Balaban J connectivity index is 1.76. The van der Waals surface area contributed by atoms with Crippen LogP contribution in [0.1, 0.15) is 5.56 Å². The van der Waals surface area contributed by atoms with Gasteiger partial charge in [0.25, 0.3) is 10.0 Å². The zero-order valence-corrected chi connectivity index (χ0v) is 14.0. The van der Waals surface area contributed by atoms with E-state index in [1.807, 2.05) is 6.07 Å². The standard InChI is InChI=1S/C15H9N3O5S2/c16-6-8-3-12-13(23-7-22-12)5-11(8)18-25(20,21)9-1-2-10-14(4-9)24-15(19)17-10/h1-5,18H,7H2,(H,17,19). The topological polar surface area (TPSA) is 121 Å². The molecule has 0 amide bonds. The second kappa shape index (κ2) is 5.51. The largest absolute Gasteiger partial charge is 0.454 e. The maximum absolute atomic E-state index is 12.6. The van der Waals surface area contributed by atoms with Crippen molar-refractivity contribution in [3.63, 3.8) is 0 Å². The summed E-state index contributed by atoms with van der Waals surface area (Å²) in [4.78, 5) is 13.7. The molecule has 0 bridgehead atoms. The summed E-state index contributed by atoms with van der Waals surface area (Å²) in [6.07, 6.45) is 0. The van der Waals surface area contributed by atoms with Crippen LogP contribution in [0, 0.1) is 11.3 Å². The fourth-order valence-corrected chi connectivity index (χ4v) is 4.36. The third-order valence-electron chi connectivity index (χ3n) is 3.58. The molecule has 1 aliphatic rings. The van der Waals surface area contributed by atoms with Crippen molar-refractivity contribution in [2.75, 3.05) is 11.5 Å². The minimum Gasteiger partial charge on any atom is -0.454 e. The van der Waals surface area contributed by atoms with E-state index >= 15 is 0 Å². The molecule has 0 radical (unpaired) electrons. The van der Waals surface area contributed by atoms with Gasteiger partial charge in [0, 0.05) is 12.1 Å². The first kappa shape index (κ1) is 15.5. The van der Waals surface area contributed by atoms with Crippen molar-refractivity contribution in [2.45, 2.75) is 4.90 Å². The molecule has 0 unspecified atom stereocenters. The Morgan fingerprint density at radius 1 is 1.20 bits per heavy atom. The molecule has 1 aromatic heterocycles. The van der Waals surface area contributed by atoms with Gasteiger partial charge in [0.05, 0.1) is 26.4 Å². The average Bonchev–Trinajstić information content (AvgIpc) is 3.17. The SMILES string of the molecule is N#Cc1cc2c(cc1NS(=O)(=O)c1ccc3[nH]c(=O)sc3c1)OCO2. The molecule has 0 atom stereocenters. The van der Waals surface area contributed by atoms with Crippen LogP contribution in [0.4, 0.5) is 5.69 Å². The number of aromatic amines is 1. The summed E-state index contributed by atoms with van der Waals surface area (Å²) < 4.78 is 38.6. The van der Waals surface area contributed by atoms with E-state index in [0.29, 0.717) is 21.7 Å². The number of nitrogens with one attached hydrogen (secondary N) is 2. The van der Waals surface area contributed by atoms with Crippen molar-refractivity contribution < 1.29 is 17.9 Å². The molecule has 3 aromatic rings. The number of ether oxygens (including phenoxy) is 2. The molecule has 2 heterocycles. The molecule has 8 nitrogen and oxygen atoms in total.